The molecule has 1 aliphatic heterocycles. The van der Waals surface area contributed by atoms with Crippen LogP contribution in [-0.4, -0.2) is 52.9 Å². The van der Waals surface area contributed by atoms with Crippen molar-refractivity contribution in [3.05, 3.63) is 82.6 Å². The third kappa shape index (κ3) is 5.46. The van der Waals surface area contributed by atoms with Gasteiger partial charge in [-0.1, -0.05) is 35.3 Å². The molecular formula is C25H24Cl2N4O2. The van der Waals surface area contributed by atoms with Crippen LogP contribution in [0.4, 0.5) is 10.5 Å². The molecular weight excluding hydrogens is 459 g/mol. The summed E-state index contributed by atoms with van der Waals surface area (Å²) in [7, 11) is 1.79. The van der Waals surface area contributed by atoms with Crippen molar-refractivity contribution in [2.24, 2.45) is 0 Å². The summed E-state index contributed by atoms with van der Waals surface area (Å²) in [6.45, 7) is 1.20. The van der Waals surface area contributed by atoms with Crippen molar-refractivity contribution < 1.29 is 9.59 Å². The van der Waals surface area contributed by atoms with Gasteiger partial charge < -0.3 is 15.1 Å². The molecule has 4 rings (SSSR count). The molecule has 6 nitrogen and oxygen atoms in total. The molecule has 1 aromatic heterocycles. The van der Waals surface area contributed by atoms with E-state index in [0.717, 1.165) is 24.0 Å². The van der Waals surface area contributed by atoms with Gasteiger partial charge in [-0.05, 0) is 60.9 Å². The lowest BCUT2D eigenvalue weighted by Crippen LogP contribution is -2.48. The standard InChI is InChI=1S/C25H24Cl2N4O2/c1-30(21-10-13-31(14-11-21)24(32)18-3-2-12-28-16-18)25(33)29-20-7-4-17(5-8-20)22-15-19(26)6-9-23(22)27/h2-9,12,15-16,21H,10-11,13-14H2,1H3,(H,29,33). The number of hydrogen-bond acceptors (Lipinski definition) is 3. The van der Waals surface area contributed by atoms with Crippen LogP contribution >= 0.6 is 23.2 Å². The summed E-state index contributed by atoms with van der Waals surface area (Å²) < 4.78 is 0. The highest BCUT2D eigenvalue weighted by Gasteiger charge is 2.28. The van der Waals surface area contributed by atoms with Crippen molar-refractivity contribution in [3.63, 3.8) is 0 Å². The number of piperidine rings is 1. The number of amides is 3. The zero-order valence-electron chi connectivity index (χ0n) is 18.2. The minimum absolute atomic E-state index is 0.0199. The lowest BCUT2D eigenvalue weighted by atomic mass is 10.0. The zero-order valence-corrected chi connectivity index (χ0v) is 19.7. The maximum Gasteiger partial charge on any atom is 0.321 e. The third-order valence-electron chi connectivity index (χ3n) is 5.90. The lowest BCUT2D eigenvalue weighted by molar-refractivity contribution is 0.0671. The number of likely N-dealkylation sites (tertiary alicyclic amines) is 1. The molecule has 0 radical (unpaired) electrons. The molecule has 0 bridgehead atoms. The van der Waals surface area contributed by atoms with E-state index in [1.165, 1.54) is 0 Å². The maximum absolute atomic E-state index is 12.8. The molecule has 3 amide bonds. The van der Waals surface area contributed by atoms with E-state index in [1.54, 1.807) is 48.6 Å². The number of urea groups is 1. The number of benzene rings is 2. The molecule has 1 fully saturated rings. The van der Waals surface area contributed by atoms with Crippen molar-refractivity contribution >= 4 is 40.8 Å². The number of halogens is 2. The van der Waals surface area contributed by atoms with Gasteiger partial charge in [-0.2, -0.15) is 0 Å². The Morgan fingerprint density at radius 1 is 1.06 bits per heavy atom. The third-order valence-corrected chi connectivity index (χ3v) is 6.47. The fourth-order valence-corrected chi connectivity index (χ4v) is 4.36. The van der Waals surface area contributed by atoms with Gasteiger partial charge in [0, 0.05) is 59.9 Å². The first-order valence-corrected chi connectivity index (χ1v) is 11.5. The molecule has 170 valence electrons. The van der Waals surface area contributed by atoms with Crippen LogP contribution in [0.3, 0.4) is 0 Å². The van der Waals surface area contributed by atoms with Crippen LogP contribution < -0.4 is 5.32 Å². The molecule has 1 saturated heterocycles. The Hall–Kier alpha value is -3.09. The normalized spacial score (nSPS) is 14.1. The van der Waals surface area contributed by atoms with Gasteiger partial charge in [-0.25, -0.2) is 4.79 Å². The average Bonchev–Trinajstić information content (AvgIpc) is 2.86. The Labute approximate surface area is 203 Å². The van der Waals surface area contributed by atoms with Crippen LogP contribution in [0.1, 0.15) is 23.2 Å². The van der Waals surface area contributed by atoms with Crippen molar-refractivity contribution in [1.82, 2.24) is 14.8 Å². The van der Waals surface area contributed by atoms with Crippen molar-refractivity contribution in [3.8, 4) is 11.1 Å². The highest BCUT2D eigenvalue weighted by Crippen LogP contribution is 2.31. The van der Waals surface area contributed by atoms with Crippen molar-refractivity contribution in [2.45, 2.75) is 18.9 Å². The molecule has 3 aromatic rings. The maximum atomic E-state index is 12.8. The van der Waals surface area contributed by atoms with E-state index in [9.17, 15) is 9.59 Å². The molecule has 0 saturated carbocycles. The van der Waals surface area contributed by atoms with E-state index in [2.05, 4.69) is 10.3 Å². The lowest BCUT2D eigenvalue weighted by Gasteiger charge is -2.36. The fraction of sp³-hybridized carbons (Fsp3) is 0.240. The van der Waals surface area contributed by atoms with Crippen molar-refractivity contribution in [2.75, 3.05) is 25.5 Å². The van der Waals surface area contributed by atoms with E-state index in [-0.39, 0.29) is 18.0 Å². The number of anilines is 1. The van der Waals surface area contributed by atoms with Gasteiger partial charge in [0.05, 0.1) is 5.56 Å². The second-order valence-corrected chi connectivity index (χ2v) is 8.85. The molecule has 2 heterocycles. The van der Waals surface area contributed by atoms with Gasteiger partial charge in [0.2, 0.25) is 0 Å². The summed E-state index contributed by atoms with van der Waals surface area (Å²) in [4.78, 5) is 32.9. The minimum atomic E-state index is -0.180. The first-order valence-electron chi connectivity index (χ1n) is 10.7. The molecule has 8 heteroatoms. The zero-order chi connectivity index (χ0) is 23.4. The van der Waals surface area contributed by atoms with Crippen LogP contribution in [0.15, 0.2) is 67.0 Å². The number of pyridine rings is 1. The molecule has 33 heavy (non-hydrogen) atoms. The largest absolute Gasteiger partial charge is 0.338 e. The van der Waals surface area contributed by atoms with E-state index < -0.39 is 0 Å². The molecule has 2 aromatic carbocycles. The van der Waals surface area contributed by atoms with Crippen LogP contribution in [0.2, 0.25) is 10.0 Å². The highest BCUT2D eigenvalue weighted by atomic mass is 35.5. The summed E-state index contributed by atoms with van der Waals surface area (Å²) in [6, 6.07) is 16.2. The second kappa shape index (κ2) is 10.2. The molecule has 0 spiro atoms. The van der Waals surface area contributed by atoms with Gasteiger partial charge in [0.25, 0.3) is 5.91 Å². The summed E-state index contributed by atoms with van der Waals surface area (Å²) in [5.74, 6) is -0.0199. The topological polar surface area (TPSA) is 65.5 Å². The van der Waals surface area contributed by atoms with Gasteiger partial charge >= 0.3 is 6.03 Å². The molecule has 0 atom stereocenters. The number of nitrogens with one attached hydrogen (secondary N) is 1. The van der Waals surface area contributed by atoms with E-state index in [4.69, 9.17) is 23.2 Å². The number of carbonyl (C=O) groups excluding carboxylic acids is 2. The van der Waals surface area contributed by atoms with Crippen LogP contribution in [0.5, 0.6) is 0 Å². The Kier molecular flexibility index (Phi) is 7.16. The van der Waals surface area contributed by atoms with Crippen LogP contribution in [0.25, 0.3) is 11.1 Å². The summed E-state index contributed by atoms with van der Waals surface area (Å²) in [5.41, 5.74) is 3.04. The fourth-order valence-electron chi connectivity index (χ4n) is 3.96. The Balaban J connectivity index is 1.33. The number of nitrogens with zero attached hydrogens (tertiary/aromatic N) is 3. The summed E-state index contributed by atoms with van der Waals surface area (Å²) in [5, 5.41) is 4.17. The smallest absolute Gasteiger partial charge is 0.321 e. The quantitative estimate of drug-likeness (QED) is 0.508. The predicted octanol–water partition coefficient (Wildman–Crippen LogP) is 5.82. The minimum Gasteiger partial charge on any atom is -0.338 e. The van der Waals surface area contributed by atoms with E-state index in [0.29, 0.717) is 34.4 Å². The number of rotatable bonds is 4. The average molecular weight is 483 g/mol. The highest BCUT2D eigenvalue weighted by molar-refractivity contribution is 6.35. The number of aromatic nitrogens is 1. The summed E-state index contributed by atoms with van der Waals surface area (Å²) >= 11 is 12.4. The van der Waals surface area contributed by atoms with E-state index >= 15 is 0 Å². The monoisotopic (exact) mass is 482 g/mol. The number of hydrogen-bond donors (Lipinski definition) is 1. The first kappa shape index (κ1) is 23.1. The Morgan fingerprint density at radius 3 is 2.45 bits per heavy atom. The van der Waals surface area contributed by atoms with Gasteiger partial charge in [0.1, 0.15) is 0 Å². The van der Waals surface area contributed by atoms with Gasteiger partial charge in [0.15, 0.2) is 0 Å². The predicted molar refractivity (Wildman–Crippen MR) is 132 cm³/mol. The van der Waals surface area contributed by atoms with Crippen molar-refractivity contribution in [1.29, 1.82) is 0 Å². The molecule has 0 aliphatic carbocycles. The Morgan fingerprint density at radius 2 is 1.79 bits per heavy atom. The molecule has 1 N–H and O–H groups in total. The first-order chi connectivity index (χ1) is 15.9. The summed E-state index contributed by atoms with van der Waals surface area (Å²) in [6.07, 6.45) is 4.68. The SMILES string of the molecule is CN(C(=O)Nc1ccc(-c2cc(Cl)ccc2Cl)cc1)C1CCN(C(=O)c2cccnc2)CC1. The Bertz CT molecular complexity index is 1130. The van der Waals surface area contributed by atoms with Crippen LogP contribution in [-0.2, 0) is 0 Å². The second-order valence-electron chi connectivity index (χ2n) is 8.01. The molecule has 0 unspecified atom stereocenters. The van der Waals surface area contributed by atoms with Gasteiger partial charge in [-0.15, -0.1) is 0 Å². The molecule has 1 aliphatic rings. The number of carbonyl (C=O) groups is 2. The van der Waals surface area contributed by atoms with Gasteiger partial charge in [-0.3, -0.25) is 9.78 Å². The van der Waals surface area contributed by atoms with Crippen LogP contribution in [0, 0.1) is 0 Å². The van der Waals surface area contributed by atoms with E-state index in [1.807, 2.05) is 35.2 Å².